The maximum atomic E-state index is 5.68. The van der Waals surface area contributed by atoms with Crippen LogP contribution in [0.1, 0.15) is 32.2 Å². The van der Waals surface area contributed by atoms with Crippen molar-refractivity contribution < 1.29 is 9.15 Å². The molecule has 1 aliphatic heterocycles. The Labute approximate surface area is 101 Å². The van der Waals surface area contributed by atoms with Crippen LogP contribution in [-0.2, 0) is 4.74 Å². The second-order valence-corrected chi connectivity index (χ2v) is 4.16. The van der Waals surface area contributed by atoms with E-state index >= 15 is 0 Å². The van der Waals surface area contributed by atoms with E-state index in [2.05, 4.69) is 27.3 Å². The molecule has 6 heteroatoms. The number of rotatable bonds is 4. The van der Waals surface area contributed by atoms with Gasteiger partial charge in [0.1, 0.15) is 0 Å². The van der Waals surface area contributed by atoms with Crippen LogP contribution in [0.25, 0.3) is 0 Å². The fourth-order valence-electron chi connectivity index (χ4n) is 1.86. The molecule has 0 aromatic carbocycles. The van der Waals surface area contributed by atoms with Crippen molar-refractivity contribution in [2.24, 2.45) is 0 Å². The Hall–Kier alpha value is -1.14. The van der Waals surface area contributed by atoms with E-state index in [4.69, 9.17) is 9.15 Å². The molecule has 1 saturated heterocycles. The van der Waals surface area contributed by atoms with Crippen LogP contribution in [0.5, 0.6) is 0 Å². The predicted octanol–water partition coefficient (Wildman–Crippen LogP) is 0.967. The van der Waals surface area contributed by atoms with Gasteiger partial charge in [-0.25, -0.2) is 0 Å². The van der Waals surface area contributed by atoms with Crippen molar-refractivity contribution in [3.05, 3.63) is 5.89 Å². The molecular weight excluding hydrogens is 220 g/mol. The Morgan fingerprint density at radius 1 is 1.35 bits per heavy atom. The van der Waals surface area contributed by atoms with E-state index < -0.39 is 0 Å². The normalized spacial score (nSPS) is 19.1. The molecule has 96 valence electrons. The molecule has 1 N–H and O–H groups in total. The lowest BCUT2D eigenvalue weighted by atomic mass is 10.3. The summed E-state index contributed by atoms with van der Waals surface area (Å²) in [5, 5.41) is 11.4. The summed E-state index contributed by atoms with van der Waals surface area (Å²) < 4.78 is 11.1. The third-order valence-electron chi connectivity index (χ3n) is 2.80. The van der Waals surface area contributed by atoms with E-state index in [9.17, 15) is 0 Å². The fraction of sp³-hybridized carbons (Fsp3) is 0.818. The van der Waals surface area contributed by atoms with Gasteiger partial charge in [0.05, 0.1) is 12.6 Å². The van der Waals surface area contributed by atoms with Gasteiger partial charge < -0.3 is 19.4 Å². The Morgan fingerprint density at radius 2 is 2.24 bits per heavy atom. The van der Waals surface area contributed by atoms with E-state index in [-0.39, 0.29) is 6.04 Å². The van der Waals surface area contributed by atoms with Gasteiger partial charge >= 0.3 is 6.01 Å². The number of ether oxygens (including phenoxy) is 1. The average Bonchev–Trinajstić information content (AvgIpc) is 2.66. The van der Waals surface area contributed by atoms with Crippen molar-refractivity contribution in [2.75, 3.05) is 37.7 Å². The third-order valence-corrected chi connectivity index (χ3v) is 2.80. The minimum absolute atomic E-state index is 0.101. The molecule has 6 nitrogen and oxygen atoms in total. The molecule has 0 aliphatic carbocycles. The van der Waals surface area contributed by atoms with E-state index in [0.717, 1.165) is 39.3 Å². The first-order valence-electron chi connectivity index (χ1n) is 6.20. The largest absolute Gasteiger partial charge is 0.406 e. The molecule has 17 heavy (non-hydrogen) atoms. The van der Waals surface area contributed by atoms with Crippen LogP contribution < -0.4 is 10.2 Å². The van der Waals surface area contributed by atoms with E-state index in [1.807, 2.05) is 6.92 Å². The summed E-state index contributed by atoms with van der Waals surface area (Å²) in [5.41, 5.74) is 0. The summed E-state index contributed by atoms with van der Waals surface area (Å²) in [6.07, 6.45) is 1.00. The predicted molar refractivity (Wildman–Crippen MR) is 64.0 cm³/mol. The summed E-state index contributed by atoms with van der Waals surface area (Å²) >= 11 is 0. The Morgan fingerprint density at radius 3 is 3.06 bits per heavy atom. The van der Waals surface area contributed by atoms with Crippen molar-refractivity contribution in [1.29, 1.82) is 0 Å². The molecule has 1 unspecified atom stereocenters. The van der Waals surface area contributed by atoms with Crippen LogP contribution in [0.15, 0.2) is 4.42 Å². The second kappa shape index (κ2) is 5.97. The van der Waals surface area contributed by atoms with Crippen LogP contribution in [0.4, 0.5) is 6.01 Å². The summed E-state index contributed by atoms with van der Waals surface area (Å²) in [6, 6.07) is 0.708. The molecule has 1 fully saturated rings. The van der Waals surface area contributed by atoms with Gasteiger partial charge in [-0.2, -0.15) is 0 Å². The number of hydrogen-bond acceptors (Lipinski definition) is 6. The lowest BCUT2D eigenvalue weighted by Crippen LogP contribution is -2.26. The molecule has 0 amide bonds. The quantitative estimate of drug-likeness (QED) is 0.846. The summed E-state index contributed by atoms with van der Waals surface area (Å²) in [5.74, 6) is 0.645. The fourth-order valence-corrected chi connectivity index (χ4v) is 1.86. The van der Waals surface area contributed by atoms with Gasteiger partial charge in [0.25, 0.3) is 0 Å². The highest BCUT2D eigenvalue weighted by Gasteiger charge is 2.18. The minimum Gasteiger partial charge on any atom is -0.406 e. The third kappa shape index (κ3) is 3.17. The summed E-state index contributed by atoms with van der Waals surface area (Å²) in [6.45, 7) is 8.23. The highest BCUT2D eigenvalue weighted by atomic mass is 16.5. The molecule has 0 saturated carbocycles. The lowest BCUT2D eigenvalue weighted by Gasteiger charge is -2.15. The zero-order valence-electron chi connectivity index (χ0n) is 10.5. The van der Waals surface area contributed by atoms with Gasteiger partial charge in [0, 0.05) is 19.7 Å². The number of aromatic nitrogens is 2. The number of nitrogens with zero attached hydrogens (tertiary/aromatic N) is 3. The first kappa shape index (κ1) is 12.3. The molecule has 2 rings (SSSR count). The Bertz CT molecular complexity index is 334. The van der Waals surface area contributed by atoms with Gasteiger partial charge in [0.2, 0.25) is 5.89 Å². The maximum absolute atomic E-state index is 5.68. The molecule has 2 heterocycles. The van der Waals surface area contributed by atoms with Crippen molar-refractivity contribution in [3.8, 4) is 0 Å². The molecular formula is C11H20N4O2. The first-order chi connectivity index (χ1) is 8.31. The van der Waals surface area contributed by atoms with Crippen LogP contribution >= 0.6 is 0 Å². The Balaban J connectivity index is 2.01. The SMILES string of the molecule is CCNC(C)c1nnc(N2CCCOCC2)o1. The second-order valence-electron chi connectivity index (χ2n) is 4.16. The van der Waals surface area contributed by atoms with Crippen molar-refractivity contribution in [2.45, 2.75) is 26.3 Å². The summed E-state index contributed by atoms with van der Waals surface area (Å²) in [7, 11) is 0. The summed E-state index contributed by atoms with van der Waals surface area (Å²) in [4.78, 5) is 2.09. The van der Waals surface area contributed by atoms with E-state index in [1.54, 1.807) is 0 Å². The highest BCUT2D eigenvalue weighted by Crippen LogP contribution is 2.18. The topological polar surface area (TPSA) is 63.4 Å². The number of anilines is 1. The van der Waals surface area contributed by atoms with Crippen LogP contribution in [0, 0.1) is 0 Å². The molecule has 0 bridgehead atoms. The molecule has 1 atom stereocenters. The number of nitrogens with one attached hydrogen (secondary N) is 1. The maximum Gasteiger partial charge on any atom is 0.318 e. The monoisotopic (exact) mass is 240 g/mol. The average molecular weight is 240 g/mol. The highest BCUT2D eigenvalue weighted by molar-refractivity contribution is 5.24. The molecule has 1 aromatic rings. The van der Waals surface area contributed by atoms with Crippen molar-refractivity contribution in [3.63, 3.8) is 0 Å². The standard InChI is InChI=1S/C11H20N4O2/c1-3-12-9(2)10-13-14-11(17-10)15-5-4-7-16-8-6-15/h9,12H,3-8H2,1-2H3. The molecule has 1 aromatic heterocycles. The van der Waals surface area contributed by atoms with Gasteiger partial charge in [0.15, 0.2) is 0 Å². The smallest absolute Gasteiger partial charge is 0.318 e. The zero-order valence-corrected chi connectivity index (χ0v) is 10.5. The van der Waals surface area contributed by atoms with Gasteiger partial charge in [-0.3, -0.25) is 0 Å². The first-order valence-corrected chi connectivity index (χ1v) is 6.20. The molecule has 1 aliphatic rings. The van der Waals surface area contributed by atoms with E-state index in [0.29, 0.717) is 11.9 Å². The molecule has 0 spiro atoms. The Kier molecular flexibility index (Phi) is 4.33. The van der Waals surface area contributed by atoms with Gasteiger partial charge in [-0.05, 0) is 19.9 Å². The van der Waals surface area contributed by atoms with Gasteiger partial charge in [-0.1, -0.05) is 12.0 Å². The van der Waals surface area contributed by atoms with Crippen molar-refractivity contribution >= 4 is 6.01 Å². The van der Waals surface area contributed by atoms with Crippen LogP contribution in [-0.4, -0.2) is 43.0 Å². The minimum atomic E-state index is 0.101. The van der Waals surface area contributed by atoms with Crippen molar-refractivity contribution in [1.82, 2.24) is 15.5 Å². The lowest BCUT2D eigenvalue weighted by molar-refractivity contribution is 0.152. The van der Waals surface area contributed by atoms with Gasteiger partial charge in [-0.15, -0.1) is 5.10 Å². The number of hydrogen-bond donors (Lipinski definition) is 1. The van der Waals surface area contributed by atoms with Crippen LogP contribution in [0.2, 0.25) is 0 Å². The van der Waals surface area contributed by atoms with E-state index in [1.165, 1.54) is 0 Å². The zero-order chi connectivity index (χ0) is 12.1. The van der Waals surface area contributed by atoms with Crippen LogP contribution in [0.3, 0.4) is 0 Å². The molecule has 0 radical (unpaired) electrons.